The maximum Gasteiger partial charge on any atom is 0.329 e. The number of thiophene rings is 1. The van der Waals surface area contributed by atoms with Gasteiger partial charge in [0, 0.05) is 12.2 Å². The molecule has 27 heavy (non-hydrogen) atoms. The van der Waals surface area contributed by atoms with Crippen molar-refractivity contribution in [2.45, 2.75) is 25.3 Å². The molecule has 1 aliphatic rings. The summed E-state index contributed by atoms with van der Waals surface area (Å²) in [6.45, 7) is 0.326. The first kappa shape index (κ1) is 19.5. The Morgan fingerprint density at radius 2 is 1.93 bits per heavy atom. The average molecular weight is 409 g/mol. The fourth-order valence-electron chi connectivity index (χ4n) is 2.93. The fraction of sp³-hybridized carbons (Fsp3) is 0.333. The minimum Gasteiger partial charge on any atom is -0.425 e. The molecular weight excluding hydrogens is 388 g/mol. The van der Waals surface area contributed by atoms with Crippen LogP contribution >= 0.6 is 11.3 Å². The van der Waals surface area contributed by atoms with Gasteiger partial charge in [-0.15, -0.1) is 11.3 Å². The number of piperidine rings is 1. The number of hydrogen-bond donors (Lipinski definition) is 1. The molecule has 1 aromatic heterocycles. The summed E-state index contributed by atoms with van der Waals surface area (Å²) in [5.74, 6) is -0.496. The number of nitrogens with zero attached hydrogens (tertiary/aromatic N) is 1. The molecule has 1 N–H and O–H groups in total. The van der Waals surface area contributed by atoms with Gasteiger partial charge in [-0.1, -0.05) is 6.07 Å². The van der Waals surface area contributed by atoms with Crippen LogP contribution in [0.3, 0.4) is 0 Å². The zero-order valence-corrected chi connectivity index (χ0v) is 16.4. The van der Waals surface area contributed by atoms with Crippen LogP contribution in [0.1, 0.15) is 28.9 Å². The Bertz CT molecular complexity index is 908. The first-order valence-electron chi connectivity index (χ1n) is 8.48. The molecule has 2 aromatic rings. The molecule has 2 heterocycles. The highest BCUT2D eigenvalue weighted by molar-refractivity contribution is 7.88. The summed E-state index contributed by atoms with van der Waals surface area (Å²) in [6.07, 6.45) is 3.06. The Morgan fingerprint density at radius 1 is 1.19 bits per heavy atom. The van der Waals surface area contributed by atoms with Crippen LogP contribution < -0.4 is 10.1 Å². The topological polar surface area (TPSA) is 92.8 Å². The van der Waals surface area contributed by atoms with Crippen molar-refractivity contribution in [1.82, 2.24) is 4.31 Å². The maximum atomic E-state index is 12.4. The lowest BCUT2D eigenvalue weighted by atomic mass is 10.1. The fourth-order valence-corrected chi connectivity index (χ4v) is 4.66. The number of nitrogens with one attached hydrogen (secondary N) is 1. The number of hydrogen-bond acceptors (Lipinski definition) is 6. The summed E-state index contributed by atoms with van der Waals surface area (Å²) in [6, 6.07) is 9.12. The van der Waals surface area contributed by atoms with Gasteiger partial charge < -0.3 is 10.1 Å². The number of ether oxygens (including phenoxy) is 1. The zero-order chi connectivity index (χ0) is 19.4. The van der Waals surface area contributed by atoms with E-state index < -0.39 is 22.0 Å². The van der Waals surface area contributed by atoms with Crippen LogP contribution in [0, 0.1) is 0 Å². The quantitative estimate of drug-likeness (QED) is 0.607. The van der Waals surface area contributed by atoms with E-state index in [1.54, 1.807) is 36.4 Å². The molecule has 1 atom stereocenters. The van der Waals surface area contributed by atoms with E-state index in [0.29, 0.717) is 29.3 Å². The minimum atomic E-state index is -3.47. The Kier molecular flexibility index (Phi) is 5.93. The second kappa shape index (κ2) is 8.20. The smallest absolute Gasteiger partial charge is 0.329 e. The van der Waals surface area contributed by atoms with E-state index in [4.69, 9.17) is 4.74 Å². The molecule has 144 valence electrons. The highest BCUT2D eigenvalue weighted by atomic mass is 32.2. The molecule has 9 heteroatoms. The van der Waals surface area contributed by atoms with Gasteiger partial charge in [-0.2, -0.15) is 4.31 Å². The number of amides is 1. The van der Waals surface area contributed by atoms with Crippen LogP contribution in [0.2, 0.25) is 0 Å². The van der Waals surface area contributed by atoms with Crippen molar-refractivity contribution in [3.8, 4) is 5.75 Å². The van der Waals surface area contributed by atoms with Crippen LogP contribution in [0.25, 0.3) is 0 Å². The minimum absolute atomic E-state index is 0.208. The molecule has 0 bridgehead atoms. The molecule has 0 saturated carbocycles. The molecule has 0 radical (unpaired) electrons. The average Bonchev–Trinajstić information content (AvgIpc) is 3.17. The predicted molar refractivity (Wildman–Crippen MR) is 104 cm³/mol. The molecule has 1 aromatic carbocycles. The number of esters is 1. The van der Waals surface area contributed by atoms with E-state index >= 15 is 0 Å². The maximum absolute atomic E-state index is 12.4. The van der Waals surface area contributed by atoms with Gasteiger partial charge in [0.15, 0.2) is 0 Å². The number of carbonyl (C=O) groups excluding carboxylic acids is 2. The highest BCUT2D eigenvalue weighted by Crippen LogP contribution is 2.23. The van der Waals surface area contributed by atoms with Crippen molar-refractivity contribution in [2.24, 2.45) is 0 Å². The van der Waals surface area contributed by atoms with Gasteiger partial charge in [-0.25, -0.2) is 13.2 Å². The lowest BCUT2D eigenvalue weighted by Crippen LogP contribution is -2.48. The van der Waals surface area contributed by atoms with Gasteiger partial charge in [0.25, 0.3) is 5.91 Å². The Labute approximate surface area is 162 Å². The van der Waals surface area contributed by atoms with E-state index in [9.17, 15) is 18.0 Å². The van der Waals surface area contributed by atoms with Crippen molar-refractivity contribution in [2.75, 3.05) is 18.1 Å². The predicted octanol–water partition coefficient (Wildman–Crippen LogP) is 2.72. The number of carbonyl (C=O) groups is 2. The molecule has 1 amide bonds. The summed E-state index contributed by atoms with van der Waals surface area (Å²) in [5, 5.41) is 4.58. The normalized spacial score (nSPS) is 18.0. The van der Waals surface area contributed by atoms with Crippen molar-refractivity contribution in [1.29, 1.82) is 0 Å². The van der Waals surface area contributed by atoms with Gasteiger partial charge in [0.2, 0.25) is 10.0 Å². The summed E-state index contributed by atoms with van der Waals surface area (Å²) < 4.78 is 30.3. The zero-order valence-electron chi connectivity index (χ0n) is 14.8. The lowest BCUT2D eigenvalue weighted by Gasteiger charge is -2.31. The molecule has 1 saturated heterocycles. The van der Waals surface area contributed by atoms with Gasteiger partial charge in [0.05, 0.1) is 11.1 Å². The van der Waals surface area contributed by atoms with E-state index in [-0.39, 0.29) is 5.91 Å². The van der Waals surface area contributed by atoms with Crippen molar-refractivity contribution < 1.29 is 22.7 Å². The second-order valence-electron chi connectivity index (χ2n) is 6.26. The van der Waals surface area contributed by atoms with Gasteiger partial charge >= 0.3 is 5.97 Å². The van der Waals surface area contributed by atoms with Crippen molar-refractivity contribution in [3.63, 3.8) is 0 Å². The molecule has 1 unspecified atom stereocenters. The summed E-state index contributed by atoms with van der Waals surface area (Å²) in [5.41, 5.74) is 0.573. The van der Waals surface area contributed by atoms with E-state index in [1.165, 1.54) is 15.6 Å². The number of benzene rings is 1. The van der Waals surface area contributed by atoms with Crippen LogP contribution in [0.4, 0.5) is 5.69 Å². The highest BCUT2D eigenvalue weighted by Gasteiger charge is 2.35. The molecule has 0 spiro atoms. The van der Waals surface area contributed by atoms with E-state index in [2.05, 4.69) is 5.32 Å². The van der Waals surface area contributed by atoms with Gasteiger partial charge in [0.1, 0.15) is 11.8 Å². The molecular formula is C18H20N2O5S2. The number of anilines is 1. The molecule has 1 aliphatic heterocycles. The summed E-state index contributed by atoms with van der Waals surface area (Å²) >= 11 is 1.34. The molecule has 7 nitrogen and oxygen atoms in total. The molecule has 1 fully saturated rings. The molecule has 3 rings (SSSR count). The molecule has 0 aliphatic carbocycles. The standard InChI is InChI=1S/C18H20N2O5S2/c1-27(23,24)20-11-3-2-5-15(20)18(22)25-14-9-7-13(8-10-14)19-17(21)16-6-4-12-26-16/h4,6-10,12,15H,2-3,5,11H2,1H3,(H,19,21). The van der Waals surface area contributed by atoms with Gasteiger partial charge in [-0.3, -0.25) is 4.79 Å². The lowest BCUT2D eigenvalue weighted by molar-refractivity contribution is -0.139. The third-order valence-corrected chi connectivity index (χ3v) is 6.38. The number of sulfonamides is 1. The Morgan fingerprint density at radius 3 is 2.56 bits per heavy atom. The summed E-state index contributed by atoms with van der Waals surface area (Å²) in [4.78, 5) is 25.1. The SMILES string of the molecule is CS(=O)(=O)N1CCCCC1C(=O)Oc1ccc(NC(=O)c2cccs2)cc1. The van der Waals surface area contributed by atoms with Crippen LogP contribution in [-0.4, -0.2) is 43.4 Å². The summed E-state index contributed by atoms with van der Waals surface area (Å²) in [7, 11) is -3.47. The van der Waals surface area contributed by atoms with Gasteiger partial charge in [-0.05, 0) is 55.0 Å². The first-order chi connectivity index (χ1) is 12.8. The van der Waals surface area contributed by atoms with Crippen LogP contribution in [0.15, 0.2) is 41.8 Å². The monoisotopic (exact) mass is 408 g/mol. The third-order valence-electron chi connectivity index (χ3n) is 4.23. The van der Waals surface area contributed by atoms with E-state index in [1.807, 2.05) is 5.38 Å². The Hall–Kier alpha value is -2.23. The second-order valence-corrected chi connectivity index (χ2v) is 9.14. The van der Waals surface area contributed by atoms with Crippen molar-refractivity contribution >= 4 is 38.9 Å². The largest absolute Gasteiger partial charge is 0.425 e. The first-order valence-corrected chi connectivity index (χ1v) is 11.2. The van der Waals surface area contributed by atoms with E-state index in [0.717, 1.165) is 19.1 Å². The Balaban J connectivity index is 1.63. The third kappa shape index (κ3) is 4.94. The van der Waals surface area contributed by atoms with Crippen molar-refractivity contribution in [3.05, 3.63) is 46.7 Å². The number of rotatable bonds is 5. The van der Waals surface area contributed by atoms with Crippen LogP contribution in [-0.2, 0) is 14.8 Å². The van der Waals surface area contributed by atoms with Crippen LogP contribution in [0.5, 0.6) is 5.75 Å².